The largest absolute Gasteiger partial charge is 0.478 e. The molecule has 0 atom stereocenters. The van der Waals surface area contributed by atoms with Gasteiger partial charge in [-0.25, -0.2) is 13.2 Å². The monoisotopic (exact) mass is 363 g/mol. The first-order valence-corrected chi connectivity index (χ1v) is 9.02. The third-order valence-electron chi connectivity index (χ3n) is 3.78. The summed E-state index contributed by atoms with van der Waals surface area (Å²) in [6.45, 7) is 0.354. The molecule has 2 aromatic rings. The van der Waals surface area contributed by atoms with Crippen molar-refractivity contribution in [1.82, 2.24) is 0 Å². The number of aliphatic carboxylic acids is 1. The number of sulfonamides is 1. The third-order valence-corrected chi connectivity index (χ3v) is 5.86. The minimum atomic E-state index is -3.64. The van der Waals surface area contributed by atoms with Gasteiger partial charge in [0, 0.05) is 17.6 Å². The van der Waals surface area contributed by atoms with Gasteiger partial charge in [0.25, 0.3) is 10.0 Å². The van der Waals surface area contributed by atoms with Crippen LogP contribution in [0.15, 0.2) is 53.4 Å². The van der Waals surface area contributed by atoms with E-state index in [0.717, 1.165) is 17.2 Å². The smallest absolute Gasteiger partial charge is 0.328 e. The molecule has 0 aliphatic carbocycles. The molecule has 3 rings (SSSR count). The minimum Gasteiger partial charge on any atom is -0.478 e. The van der Waals surface area contributed by atoms with E-state index >= 15 is 0 Å². The van der Waals surface area contributed by atoms with Gasteiger partial charge in [-0.3, -0.25) is 4.31 Å². The first kappa shape index (κ1) is 16.5. The maximum absolute atomic E-state index is 12.8. The molecule has 24 heavy (non-hydrogen) atoms. The molecule has 124 valence electrons. The van der Waals surface area contributed by atoms with Gasteiger partial charge in [0.1, 0.15) is 0 Å². The van der Waals surface area contributed by atoms with Crippen LogP contribution in [0.2, 0.25) is 5.02 Å². The summed E-state index contributed by atoms with van der Waals surface area (Å²) in [6, 6.07) is 11.3. The quantitative estimate of drug-likeness (QED) is 0.846. The maximum Gasteiger partial charge on any atom is 0.328 e. The number of carboxylic acid groups (broad SMARTS) is 1. The Balaban J connectivity index is 1.94. The van der Waals surface area contributed by atoms with E-state index in [2.05, 4.69) is 0 Å². The molecular formula is C17H14ClNO4S. The fraction of sp³-hybridized carbons (Fsp3) is 0.118. The lowest BCUT2D eigenvalue weighted by atomic mass is 10.1. The van der Waals surface area contributed by atoms with Crippen LogP contribution in [0.1, 0.15) is 11.1 Å². The summed E-state index contributed by atoms with van der Waals surface area (Å²) in [4.78, 5) is 10.8. The molecule has 0 fully saturated rings. The second-order valence-electron chi connectivity index (χ2n) is 5.34. The second-order valence-corrected chi connectivity index (χ2v) is 7.64. The van der Waals surface area contributed by atoms with Crippen molar-refractivity contribution in [3.8, 4) is 0 Å². The number of fused-ring (bicyclic) bond motifs is 1. The highest BCUT2D eigenvalue weighted by molar-refractivity contribution is 7.92. The average molecular weight is 364 g/mol. The molecule has 1 N–H and O–H groups in total. The number of rotatable bonds is 4. The van der Waals surface area contributed by atoms with Crippen molar-refractivity contribution in [2.75, 3.05) is 10.8 Å². The Kier molecular flexibility index (Phi) is 4.34. The van der Waals surface area contributed by atoms with Crippen molar-refractivity contribution in [1.29, 1.82) is 0 Å². The molecule has 1 heterocycles. The summed E-state index contributed by atoms with van der Waals surface area (Å²) >= 11 is 5.82. The van der Waals surface area contributed by atoms with Gasteiger partial charge in [0.15, 0.2) is 0 Å². The zero-order valence-electron chi connectivity index (χ0n) is 12.5. The van der Waals surface area contributed by atoms with E-state index in [4.69, 9.17) is 16.7 Å². The summed E-state index contributed by atoms with van der Waals surface area (Å²) in [5.74, 6) is -1.03. The zero-order valence-corrected chi connectivity index (χ0v) is 14.1. The minimum absolute atomic E-state index is 0.189. The summed E-state index contributed by atoms with van der Waals surface area (Å²) in [6.07, 6.45) is 3.12. The van der Waals surface area contributed by atoms with Crippen molar-refractivity contribution >= 4 is 39.4 Å². The van der Waals surface area contributed by atoms with Gasteiger partial charge in [0.05, 0.1) is 10.6 Å². The molecule has 2 aromatic carbocycles. The molecule has 0 saturated carbocycles. The van der Waals surface area contributed by atoms with Crippen LogP contribution < -0.4 is 4.31 Å². The summed E-state index contributed by atoms with van der Waals surface area (Å²) < 4.78 is 27.0. The number of hydrogen-bond acceptors (Lipinski definition) is 3. The predicted octanol–water partition coefficient (Wildman–Crippen LogP) is 3.19. The van der Waals surface area contributed by atoms with Crippen LogP contribution in [0, 0.1) is 0 Å². The number of nitrogens with zero attached hydrogens (tertiary/aromatic N) is 1. The maximum atomic E-state index is 12.8. The van der Waals surface area contributed by atoms with E-state index in [-0.39, 0.29) is 4.90 Å². The Hall–Kier alpha value is -2.31. The van der Waals surface area contributed by atoms with E-state index in [1.54, 1.807) is 24.3 Å². The molecule has 0 spiro atoms. The standard InChI is InChI=1S/C17H14ClNO4S/c18-14-3-5-15(6-4-14)24(22,23)19-10-9-13-11-12(1-7-16(13)19)2-8-17(20)21/h1-8,11H,9-10H2,(H,20,21). The van der Waals surface area contributed by atoms with E-state index in [0.29, 0.717) is 23.7 Å². The molecule has 0 amide bonds. The fourth-order valence-electron chi connectivity index (χ4n) is 2.65. The van der Waals surface area contributed by atoms with E-state index in [9.17, 15) is 13.2 Å². The van der Waals surface area contributed by atoms with Gasteiger partial charge in [-0.1, -0.05) is 17.7 Å². The Morgan fingerprint density at radius 1 is 1.17 bits per heavy atom. The summed E-state index contributed by atoms with van der Waals surface area (Å²) in [5.41, 5.74) is 2.22. The Bertz CT molecular complexity index is 920. The second kappa shape index (κ2) is 6.30. The van der Waals surface area contributed by atoms with Gasteiger partial charge >= 0.3 is 5.97 Å². The first-order valence-electron chi connectivity index (χ1n) is 7.20. The highest BCUT2D eigenvalue weighted by Crippen LogP contribution is 2.34. The fourth-order valence-corrected chi connectivity index (χ4v) is 4.28. The number of carbonyl (C=O) groups is 1. The van der Waals surface area contributed by atoms with Crippen LogP contribution >= 0.6 is 11.6 Å². The normalized spacial score (nSPS) is 14.1. The number of anilines is 1. The number of carboxylic acids is 1. The van der Waals surface area contributed by atoms with Crippen LogP contribution in [-0.2, 0) is 21.2 Å². The van der Waals surface area contributed by atoms with Crippen molar-refractivity contribution in [2.45, 2.75) is 11.3 Å². The lowest BCUT2D eigenvalue weighted by Crippen LogP contribution is -2.29. The van der Waals surface area contributed by atoms with Crippen molar-refractivity contribution < 1.29 is 18.3 Å². The van der Waals surface area contributed by atoms with Gasteiger partial charge in [-0.2, -0.15) is 0 Å². The van der Waals surface area contributed by atoms with E-state index < -0.39 is 16.0 Å². The van der Waals surface area contributed by atoms with Gasteiger partial charge in [-0.15, -0.1) is 0 Å². The molecule has 0 radical (unpaired) electrons. The molecule has 1 aliphatic rings. The molecule has 7 heteroatoms. The van der Waals surface area contributed by atoms with Crippen molar-refractivity contribution in [3.63, 3.8) is 0 Å². The average Bonchev–Trinajstić information content (AvgIpc) is 2.97. The Labute approximate surface area is 144 Å². The van der Waals surface area contributed by atoms with Crippen LogP contribution in [0.3, 0.4) is 0 Å². The molecule has 0 unspecified atom stereocenters. The molecular weight excluding hydrogens is 350 g/mol. The molecule has 1 aliphatic heterocycles. The van der Waals surface area contributed by atoms with Gasteiger partial charge < -0.3 is 5.11 Å². The summed E-state index contributed by atoms with van der Waals surface area (Å²) in [5, 5.41) is 9.16. The van der Waals surface area contributed by atoms with Crippen LogP contribution in [0.25, 0.3) is 6.08 Å². The number of halogens is 1. The van der Waals surface area contributed by atoms with Crippen molar-refractivity contribution in [3.05, 3.63) is 64.7 Å². The third kappa shape index (κ3) is 3.16. The number of benzene rings is 2. The molecule has 5 nitrogen and oxygen atoms in total. The van der Waals surface area contributed by atoms with Crippen molar-refractivity contribution in [2.24, 2.45) is 0 Å². The lowest BCUT2D eigenvalue weighted by molar-refractivity contribution is -0.131. The van der Waals surface area contributed by atoms with E-state index in [1.807, 2.05) is 6.07 Å². The van der Waals surface area contributed by atoms with Gasteiger partial charge in [-0.05, 0) is 60.0 Å². The van der Waals surface area contributed by atoms with Gasteiger partial charge in [0.2, 0.25) is 0 Å². The van der Waals surface area contributed by atoms with E-state index in [1.165, 1.54) is 22.5 Å². The SMILES string of the molecule is O=C(O)C=Cc1ccc2c(c1)CCN2S(=O)(=O)c1ccc(Cl)cc1. The molecule has 0 bridgehead atoms. The predicted molar refractivity (Wildman–Crippen MR) is 92.8 cm³/mol. The first-order chi connectivity index (χ1) is 11.4. The zero-order chi connectivity index (χ0) is 17.3. The van der Waals surface area contributed by atoms with Crippen LogP contribution in [-0.4, -0.2) is 26.0 Å². The molecule has 0 saturated heterocycles. The number of hydrogen-bond donors (Lipinski definition) is 1. The Morgan fingerprint density at radius 2 is 1.88 bits per heavy atom. The molecule has 0 aromatic heterocycles. The summed E-state index contributed by atoms with van der Waals surface area (Å²) in [7, 11) is -3.64. The Morgan fingerprint density at radius 3 is 2.54 bits per heavy atom. The van der Waals surface area contributed by atoms with Crippen LogP contribution in [0.5, 0.6) is 0 Å². The topological polar surface area (TPSA) is 74.7 Å². The lowest BCUT2D eigenvalue weighted by Gasteiger charge is -2.19. The highest BCUT2D eigenvalue weighted by atomic mass is 35.5. The highest BCUT2D eigenvalue weighted by Gasteiger charge is 2.30. The van der Waals surface area contributed by atoms with Crippen LogP contribution in [0.4, 0.5) is 5.69 Å².